The monoisotopic (exact) mass is 294 g/mol. The molecule has 110 valence electrons. The molecule has 0 aliphatic heterocycles. The summed E-state index contributed by atoms with van der Waals surface area (Å²) in [6.45, 7) is 2.79. The summed E-state index contributed by atoms with van der Waals surface area (Å²) in [5.41, 5.74) is 6.52. The molecule has 1 aliphatic rings. The highest BCUT2D eigenvalue weighted by atomic mass is 32.2. The van der Waals surface area contributed by atoms with Gasteiger partial charge in [-0.3, -0.25) is 0 Å². The zero-order valence-corrected chi connectivity index (χ0v) is 12.7. The smallest absolute Gasteiger partial charge is 0.174 e. The number of oxime groups is 1. The Morgan fingerprint density at radius 1 is 1.45 bits per heavy atom. The van der Waals surface area contributed by atoms with Crippen LogP contribution in [0.15, 0.2) is 28.3 Å². The fourth-order valence-corrected chi connectivity index (χ4v) is 3.43. The molecule has 0 bridgehead atoms. The summed E-state index contributed by atoms with van der Waals surface area (Å²) in [6.07, 6.45) is 5.07. The van der Waals surface area contributed by atoms with E-state index in [-0.39, 0.29) is 5.84 Å². The van der Waals surface area contributed by atoms with E-state index in [9.17, 15) is 0 Å². The number of hydrogen-bond donors (Lipinski definition) is 2. The highest BCUT2D eigenvalue weighted by molar-refractivity contribution is 7.99. The Bertz CT molecular complexity index is 471. The summed E-state index contributed by atoms with van der Waals surface area (Å²) in [6, 6.07) is 5.82. The van der Waals surface area contributed by atoms with E-state index in [2.05, 4.69) is 12.1 Å². The van der Waals surface area contributed by atoms with Gasteiger partial charge in [-0.15, -0.1) is 11.8 Å². The molecule has 5 heteroatoms. The first kappa shape index (κ1) is 15.0. The van der Waals surface area contributed by atoms with Gasteiger partial charge in [0.15, 0.2) is 5.84 Å². The van der Waals surface area contributed by atoms with Crippen molar-refractivity contribution >= 4 is 17.6 Å². The lowest BCUT2D eigenvalue weighted by Crippen LogP contribution is -2.17. The first-order valence-corrected chi connectivity index (χ1v) is 8.11. The van der Waals surface area contributed by atoms with Crippen molar-refractivity contribution in [2.75, 3.05) is 12.4 Å². The molecule has 0 aromatic heterocycles. The van der Waals surface area contributed by atoms with Gasteiger partial charge in [0.1, 0.15) is 5.75 Å². The first-order chi connectivity index (χ1) is 9.76. The Labute approximate surface area is 124 Å². The molecule has 0 radical (unpaired) electrons. The maximum Gasteiger partial charge on any atom is 0.174 e. The molecule has 1 aliphatic carbocycles. The van der Waals surface area contributed by atoms with Crippen LogP contribution >= 0.6 is 11.8 Å². The molecule has 1 saturated carbocycles. The van der Waals surface area contributed by atoms with E-state index in [1.165, 1.54) is 25.7 Å². The van der Waals surface area contributed by atoms with E-state index in [0.717, 1.165) is 10.6 Å². The molecule has 20 heavy (non-hydrogen) atoms. The highest BCUT2D eigenvalue weighted by Gasteiger charge is 2.18. The topological polar surface area (TPSA) is 67.8 Å². The van der Waals surface area contributed by atoms with Gasteiger partial charge in [-0.1, -0.05) is 31.0 Å². The van der Waals surface area contributed by atoms with Gasteiger partial charge in [0, 0.05) is 4.90 Å². The summed E-state index contributed by atoms with van der Waals surface area (Å²) in [4.78, 5) is 0.992. The predicted octanol–water partition coefficient (Wildman–Crippen LogP) is 3.46. The van der Waals surface area contributed by atoms with Crippen LogP contribution in [0, 0.1) is 5.92 Å². The zero-order valence-electron chi connectivity index (χ0n) is 11.8. The van der Waals surface area contributed by atoms with Gasteiger partial charge in [-0.05, 0) is 36.6 Å². The lowest BCUT2D eigenvalue weighted by atomic mass is 10.1. The minimum atomic E-state index is 0.114. The van der Waals surface area contributed by atoms with Crippen LogP contribution in [0.3, 0.4) is 0 Å². The second-order valence-electron chi connectivity index (χ2n) is 5.01. The Balaban J connectivity index is 2.19. The van der Waals surface area contributed by atoms with Crippen molar-refractivity contribution in [1.82, 2.24) is 0 Å². The fraction of sp³-hybridized carbons (Fsp3) is 0.533. The second kappa shape index (κ2) is 7.43. The van der Waals surface area contributed by atoms with Crippen LogP contribution in [0.4, 0.5) is 0 Å². The summed E-state index contributed by atoms with van der Waals surface area (Å²) in [5.74, 6) is 2.39. The predicted molar refractivity (Wildman–Crippen MR) is 82.8 cm³/mol. The van der Waals surface area contributed by atoms with E-state index >= 15 is 0 Å². The van der Waals surface area contributed by atoms with Gasteiger partial charge in [0.2, 0.25) is 0 Å². The third-order valence-electron chi connectivity index (χ3n) is 3.60. The van der Waals surface area contributed by atoms with Crippen LogP contribution in [0.25, 0.3) is 0 Å². The van der Waals surface area contributed by atoms with Crippen LogP contribution in [-0.2, 0) is 0 Å². The lowest BCUT2D eigenvalue weighted by molar-refractivity contribution is 0.251. The molecule has 1 fully saturated rings. The van der Waals surface area contributed by atoms with Gasteiger partial charge >= 0.3 is 0 Å². The number of thioether (sulfide) groups is 1. The fourth-order valence-electron chi connectivity index (χ4n) is 2.59. The van der Waals surface area contributed by atoms with E-state index in [0.29, 0.717) is 23.8 Å². The summed E-state index contributed by atoms with van der Waals surface area (Å²) in [7, 11) is 0. The third kappa shape index (κ3) is 3.60. The number of hydrogen-bond acceptors (Lipinski definition) is 4. The maximum absolute atomic E-state index is 8.98. The van der Waals surface area contributed by atoms with Gasteiger partial charge < -0.3 is 15.7 Å². The molecule has 1 aromatic carbocycles. The summed E-state index contributed by atoms with van der Waals surface area (Å²) >= 11 is 1.67. The summed E-state index contributed by atoms with van der Waals surface area (Å²) < 4.78 is 5.95. The van der Waals surface area contributed by atoms with Crippen molar-refractivity contribution < 1.29 is 9.94 Å². The van der Waals surface area contributed by atoms with Gasteiger partial charge in [0.05, 0.1) is 12.2 Å². The van der Waals surface area contributed by atoms with E-state index in [4.69, 9.17) is 15.7 Å². The van der Waals surface area contributed by atoms with Crippen LogP contribution < -0.4 is 10.5 Å². The number of benzene rings is 1. The van der Waals surface area contributed by atoms with Crippen molar-refractivity contribution in [3.8, 4) is 5.75 Å². The number of amidine groups is 1. The maximum atomic E-state index is 8.98. The SMILES string of the molecule is CCSc1cccc(OCC2CCCC2)c1/C(N)=N/O. The molecular weight excluding hydrogens is 272 g/mol. The van der Waals surface area contributed by atoms with Crippen molar-refractivity contribution in [1.29, 1.82) is 0 Å². The highest BCUT2D eigenvalue weighted by Crippen LogP contribution is 2.31. The number of nitrogens with two attached hydrogens (primary N) is 1. The standard InChI is InChI=1S/C15H22N2O2S/c1-2-20-13-9-5-8-12(14(13)15(16)17-18)19-10-11-6-3-4-7-11/h5,8-9,11,18H,2-4,6-7,10H2,1H3,(H2,16,17). The third-order valence-corrected chi connectivity index (χ3v) is 4.54. The largest absolute Gasteiger partial charge is 0.492 e. The summed E-state index contributed by atoms with van der Waals surface area (Å²) in [5, 5.41) is 12.1. The molecule has 1 aromatic rings. The lowest BCUT2D eigenvalue weighted by Gasteiger charge is -2.16. The van der Waals surface area contributed by atoms with E-state index < -0.39 is 0 Å². The minimum absolute atomic E-state index is 0.114. The molecule has 2 rings (SSSR count). The molecule has 3 N–H and O–H groups in total. The molecule has 0 atom stereocenters. The molecule has 0 spiro atoms. The van der Waals surface area contributed by atoms with Crippen molar-refractivity contribution in [3.05, 3.63) is 23.8 Å². The van der Waals surface area contributed by atoms with Crippen molar-refractivity contribution in [3.63, 3.8) is 0 Å². The van der Waals surface area contributed by atoms with Gasteiger partial charge in [0.25, 0.3) is 0 Å². The van der Waals surface area contributed by atoms with Crippen molar-refractivity contribution in [2.24, 2.45) is 16.8 Å². The molecule has 0 heterocycles. The molecule has 0 unspecified atom stereocenters. The zero-order chi connectivity index (χ0) is 14.4. The van der Waals surface area contributed by atoms with Gasteiger partial charge in [-0.2, -0.15) is 0 Å². The van der Waals surface area contributed by atoms with Crippen LogP contribution in [-0.4, -0.2) is 23.4 Å². The Morgan fingerprint density at radius 3 is 2.85 bits per heavy atom. The quantitative estimate of drug-likeness (QED) is 0.277. The first-order valence-electron chi connectivity index (χ1n) is 7.12. The normalized spacial score (nSPS) is 16.6. The number of ether oxygens (including phenoxy) is 1. The second-order valence-corrected chi connectivity index (χ2v) is 6.31. The molecular formula is C15H22N2O2S. The number of nitrogens with zero attached hydrogens (tertiary/aromatic N) is 1. The van der Waals surface area contributed by atoms with Crippen molar-refractivity contribution in [2.45, 2.75) is 37.5 Å². The Morgan fingerprint density at radius 2 is 2.20 bits per heavy atom. The van der Waals surface area contributed by atoms with Crippen LogP contribution in [0.1, 0.15) is 38.2 Å². The number of rotatable bonds is 6. The molecule has 4 nitrogen and oxygen atoms in total. The van der Waals surface area contributed by atoms with Crippen LogP contribution in [0.5, 0.6) is 5.75 Å². The van der Waals surface area contributed by atoms with Crippen LogP contribution in [0.2, 0.25) is 0 Å². The average Bonchev–Trinajstić information content (AvgIpc) is 2.98. The Hall–Kier alpha value is -1.36. The molecule has 0 amide bonds. The average molecular weight is 294 g/mol. The Kier molecular flexibility index (Phi) is 5.59. The van der Waals surface area contributed by atoms with E-state index in [1.807, 2.05) is 18.2 Å². The minimum Gasteiger partial charge on any atom is -0.492 e. The van der Waals surface area contributed by atoms with E-state index in [1.54, 1.807) is 11.8 Å². The van der Waals surface area contributed by atoms with Gasteiger partial charge in [-0.25, -0.2) is 0 Å². The molecule has 0 saturated heterocycles.